The first-order chi connectivity index (χ1) is 12.1. The van der Waals surface area contributed by atoms with Crippen molar-refractivity contribution in [1.82, 2.24) is 10.2 Å². The fraction of sp³-hybridized carbons (Fsp3) is 0.556. The second kappa shape index (κ2) is 9.96. The van der Waals surface area contributed by atoms with Crippen molar-refractivity contribution in [2.45, 2.75) is 26.4 Å². The maximum Gasteiger partial charge on any atom is 0.410 e. The number of amides is 1. The first-order valence-corrected chi connectivity index (χ1v) is 8.29. The number of carbonyl (C=O) groups is 2. The van der Waals surface area contributed by atoms with E-state index in [0.29, 0.717) is 19.6 Å². The van der Waals surface area contributed by atoms with Crippen molar-refractivity contribution in [2.24, 2.45) is 0 Å². The molecule has 0 unspecified atom stereocenters. The monoisotopic (exact) mass is 370 g/mol. The Kier molecular flexibility index (Phi) is 8.31. The van der Waals surface area contributed by atoms with Gasteiger partial charge in [-0.05, 0) is 39.0 Å². The van der Waals surface area contributed by atoms with E-state index in [1.807, 2.05) is 20.8 Å². The highest BCUT2D eigenvalue weighted by molar-refractivity contribution is 5.92. The minimum Gasteiger partial charge on any atom is -0.491 e. The Morgan fingerprint density at radius 3 is 2.54 bits per heavy atom. The van der Waals surface area contributed by atoms with E-state index < -0.39 is 17.4 Å². The quantitative estimate of drug-likeness (QED) is 0.559. The van der Waals surface area contributed by atoms with Gasteiger partial charge in [-0.25, -0.2) is 14.0 Å². The van der Waals surface area contributed by atoms with Crippen LogP contribution in [-0.4, -0.2) is 63.0 Å². The van der Waals surface area contributed by atoms with E-state index in [4.69, 9.17) is 9.47 Å². The summed E-state index contributed by atoms with van der Waals surface area (Å²) in [7, 11) is 2.88. The molecule has 0 aliphatic heterocycles. The van der Waals surface area contributed by atoms with Gasteiger partial charge in [-0.2, -0.15) is 0 Å². The average Bonchev–Trinajstić information content (AvgIpc) is 2.56. The molecule has 0 aromatic heterocycles. The maximum atomic E-state index is 13.3. The number of nitrogens with one attached hydrogen (secondary N) is 1. The smallest absolute Gasteiger partial charge is 0.410 e. The highest BCUT2D eigenvalue weighted by Gasteiger charge is 2.19. The molecule has 1 N–H and O–H groups in total. The molecule has 0 heterocycles. The van der Waals surface area contributed by atoms with Crippen molar-refractivity contribution in [3.8, 4) is 5.75 Å². The van der Waals surface area contributed by atoms with Gasteiger partial charge < -0.3 is 24.4 Å². The van der Waals surface area contributed by atoms with Gasteiger partial charge >= 0.3 is 12.1 Å². The molecule has 1 aromatic rings. The number of rotatable bonds is 8. The van der Waals surface area contributed by atoms with Gasteiger partial charge in [0.2, 0.25) is 0 Å². The molecule has 0 saturated carbocycles. The standard InChI is InChI=1S/C18H27FN2O5/c1-18(2,3)26-17(23)21(4)10-8-20-9-11-25-15-7-6-13(19)12-14(15)16(22)24-5/h6-7,12,20H,8-11H2,1-5H3. The number of carbonyl (C=O) groups excluding carboxylic acids is 2. The van der Waals surface area contributed by atoms with Crippen LogP contribution in [-0.2, 0) is 9.47 Å². The van der Waals surface area contributed by atoms with Crippen molar-refractivity contribution in [1.29, 1.82) is 0 Å². The molecule has 1 amide bonds. The van der Waals surface area contributed by atoms with Gasteiger partial charge in [0.25, 0.3) is 0 Å². The summed E-state index contributed by atoms with van der Waals surface area (Å²) in [5.41, 5.74) is -0.490. The van der Waals surface area contributed by atoms with Crippen LogP contribution in [0, 0.1) is 5.82 Å². The fourth-order valence-corrected chi connectivity index (χ4v) is 1.93. The fourth-order valence-electron chi connectivity index (χ4n) is 1.93. The molecule has 0 fully saturated rings. The highest BCUT2D eigenvalue weighted by atomic mass is 19.1. The zero-order valence-electron chi connectivity index (χ0n) is 15.9. The number of esters is 1. The number of hydrogen-bond acceptors (Lipinski definition) is 6. The molecule has 1 aromatic carbocycles. The molecule has 8 heteroatoms. The second-order valence-corrected chi connectivity index (χ2v) is 6.63. The Morgan fingerprint density at radius 2 is 1.92 bits per heavy atom. The van der Waals surface area contributed by atoms with E-state index in [2.05, 4.69) is 10.1 Å². The Labute approximate surface area is 153 Å². The molecule has 0 radical (unpaired) electrons. The molecule has 0 aliphatic rings. The first kappa shape index (κ1) is 21.7. The lowest BCUT2D eigenvalue weighted by molar-refractivity contribution is 0.0300. The Bertz CT molecular complexity index is 616. The summed E-state index contributed by atoms with van der Waals surface area (Å²) in [5.74, 6) is -0.946. The lowest BCUT2D eigenvalue weighted by Gasteiger charge is -2.24. The normalized spacial score (nSPS) is 11.0. The molecule has 0 spiro atoms. The van der Waals surface area contributed by atoms with E-state index in [-0.39, 0.29) is 24.0 Å². The van der Waals surface area contributed by atoms with Crippen LogP contribution in [0.4, 0.5) is 9.18 Å². The van der Waals surface area contributed by atoms with Gasteiger partial charge in [0.1, 0.15) is 29.3 Å². The third-order valence-corrected chi connectivity index (χ3v) is 3.21. The number of hydrogen-bond donors (Lipinski definition) is 1. The zero-order chi connectivity index (χ0) is 19.7. The van der Waals surface area contributed by atoms with Crippen LogP contribution >= 0.6 is 0 Å². The van der Waals surface area contributed by atoms with Gasteiger partial charge in [-0.1, -0.05) is 0 Å². The number of benzene rings is 1. The zero-order valence-corrected chi connectivity index (χ0v) is 15.9. The van der Waals surface area contributed by atoms with Crippen molar-refractivity contribution in [3.05, 3.63) is 29.6 Å². The minimum absolute atomic E-state index is 0.0390. The molecule has 26 heavy (non-hydrogen) atoms. The largest absolute Gasteiger partial charge is 0.491 e. The SMILES string of the molecule is COC(=O)c1cc(F)ccc1OCCNCCN(C)C(=O)OC(C)(C)C. The second-order valence-electron chi connectivity index (χ2n) is 6.63. The number of methoxy groups -OCH3 is 1. The molecule has 0 atom stereocenters. The maximum absolute atomic E-state index is 13.3. The van der Waals surface area contributed by atoms with Crippen molar-refractivity contribution < 1.29 is 28.2 Å². The molecule has 1 rings (SSSR count). The van der Waals surface area contributed by atoms with Gasteiger partial charge in [0.15, 0.2) is 0 Å². The van der Waals surface area contributed by atoms with Crippen LogP contribution in [0.3, 0.4) is 0 Å². The molecule has 146 valence electrons. The van der Waals surface area contributed by atoms with Gasteiger partial charge in [-0.15, -0.1) is 0 Å². The summed E-state index contributed by atoms with van der Waals surface area (Å²) in [6, 6.07) is 3.67. The van der Waals surface area contributed by atoms with E-state index in [0.717, 1.165) is 6.07 Å². The van der Waals surface area contributed by atoms with E-state index in [1.54, 1.807) is 7.05 Å². The topological polar surface area (TPSA) is 77.1 Å². The van der Waals surface area contributed by atoms with Crippen LogP contribution in [0.15, 0.2) is 18.2 Å². The summed E-state index contributed by atoms with van der Waals surface area (Å²) >= 11 is 0. The van der Waals surface area contributed by atoms with Crippen molar-refractivity contribution in [3.63, 3.8) is 0 Å². The van der Waals surface area contributed by atoms with E-state index in [9.17, 15) is 14.0 Å². The van der Waals surface area contributed by atoms with Crippen molar-refractivity contribution >= 4 is 12.1 Å². The Hall–Kier alpha value is -2.35. The highest BCUT2D eigenvalue weighted by Crippen LogP contribution is 2.20. The number of ether oxygens (including phenoxy) is 3. The molecule has 7 nitrogen and oxygen atoms in total. The Balaban J connectivity index is 2.33. The van der Waals surface area contributed by atoms with Crippen LogP contribution in [0.1, 0.15) is 31.1 Å². The average molecular weight is 370 g/mol. The van der Waals surface area contributed by atoms with Crippen LogP contribution < -0.4 is 10.1 Å². The van der Waals surface area contributed by atoms with Crippen molar-refractivity contribution in [2.75, 3.05) is 40.4 Å². The molecule has 0 aliphatic carbocycles. The van der Waals surface area contributed by atoms with Crippen LogP contribution in [0.5, 0.6) is 5.75 Å². The molecular formula is C18H27FN2O5. The van der Waals surface area contributed by atoms with Gasteiger partial charge in [0, 0.05) is 26.7 Å². The van der Waals surface area contributed by atoms with Crippen LogP contribution in [0.2, 0.25) is 0 Å². The van der Waals surface area contributed by atoms with E-state index >= 15 is 0 Å². The van der Waals surface area contributed by atoms with Gasteiger partial charge in [0.05, 0.1) is 7.11 Å². The van der Waals surface area contributed by atoms with Crippen LogP contribution in [0.25, 0.3) is 0 Å². The van der Waals surface area contributed by atoms with E-state index in [1.165, 1.54) is 24.1 Å². The Morgan fingerprint density at radius 1 is 1.23 bits per heavy atom. The number of likely N-dealkylation sites (N-methyl/N-ethyl adjacent to an activating group) is 1. The summed E-state index contributed by atoms with van der Waals surface area (Å²) < 4.78 is 28.6. The minimum atomic E-state index is -0.661. The molecule has 0 bridgehead atoms. The summed E-state index contributed by atoms with van der Waals surface area (Å²) in [4.78, 5) is 24.9. The predicted octanol–water partition coefficient (Wildman–Crippen LogP) is 2.45. The van der Waals surface area contributed by atoms with Gasteiger partial charge in [-0.3, -0.25) is 0 Å². The third-order valence-electron chi connectivity index (χ3n) is 3.21. The molecule has 0 saturated heterocycles. The lowest BCUT2D eigenvalue weighted by Crippen LogP contribution is -2.38. The summed E-state index contributed by atoms with van der Waals surface area (Å²) in [6.45, 7) is 7.21. The summed E-state index contributed by atoms with van der Waals surface area (Å²) in [6.07, 6.45) is -0.385. The first-order valence-electron chi connectivity index (χ1n) is 8.29. The molecular weight excluding hydrogens is 343 g/mol. The number of nitrogens with zero attached hydrogens (tertiary/aromatic N) is 1. The lowest BCUT2D eigenvalue weighted by atomic mass is 10.2. The third kappa shape index (κ3) is 7.69. The predicted molar refractivity (Wildman–Crippen MR) is 95.0 cm³/mol. The summed E-state index contributed by atoms with van der Waals surface area (Å²) in [5, 5.41) is 3.11. The number of halogens is 1.